The number of fused-ring (bicyclic) bond motifs is 1. The zero-order valence-electron chi connectivity index (χ0n) is 17.4. The number of carbonyl (C=O) groups excluding carboxylic acids is 2. The molecule has 0 amide bonds. The predicted octanol–water partition coefficient (Wildman–Crippen LogP) is 5.43. The zero-order valence-corrected chi connectivity index (χ0v) is 17.4. The maximum Gasteiger partial charge on any atom is 0.346 e. The highest BCUT2D eigenvalue weighted by atomic mass is 16.6. The highest BCUT2D eigenvalue weighted by Gasteiger charge is 2.28. The molecule has 1 aliphatic rings. The molecule has 1 heterocycles. The Kier molecular flexibility index (Phi) is 6.22. The van der Waals surface area contributed by atoms with Crippen LogP contribution >= 0.6 is 0 Å². The summed E-state index contributed by atoms with van der Waals surface area (Å²) in [5.41, 5.74) is 13.5. The van der Waals surface area contributed by atoms with Crippen molar-refractivity contribution in [2.24, 2.45) is 0 Å². The highest BCUT2D eigenvalue weighted by molar-refractivity contribution is 6.14. The molecular formula is C26H20N2O5. The van der Waals surface area contributed by atoms with Crippen molar-refractivity contribution in [3.05, 3.63) is 108 Å². The maximum atomic E-state index is 10.8. The van der Waals surface area contributed by atoms with E-state index in [2.05, 4.69) is 4.74 Å². The van der Waals surface area contributed by atoms with Crippen LogP contribution in [0.25, 0.3) is 0 Å². The van der Waals surface area contributed by atoms with Gasteiger partial charge in [0.05, 0.1) is 11.1 Å². The van der Waals surface area contributed by atoms with Gasteiger partial charge in [0, 0.05) is 29.6 Å². The number of ether oxygens (including phenoxy) is 3. The minimum absolute atomic E-state index is 0.359. The Morgan fingerprint density at radius 2 is 0.909 bits per heavy atom. The maximum absolute atomic E-state index is 10.8. The van der Waals surface area contributed by atoms with E-state index in [1.807, 2.05) is 60.7 Å². The minimum atomic E-state index is -0.550. The lowest BCUT2D eigenvalue weighted by atomic mass is 10.1. The van der Waals surface area contributed by atoms with E-state index in [9.17, 15) is 9.59 Å². The van der Waals surface area contributed by atoms with Gasteiger partial charge >= 0.3 is 11.9 Å². The number of rotatable bonds is 4. The van der Waals surface area contributed by atoms with Crippen molar-refractivity contribution in [1.82, 2.24) is 0 Å². The number of cyclic esters (lactones) is 2. The Bertz CT molecular complexity index is 1220. The lowest BCUT2D eigenvalue weighted by Gasteiger charge is -2.09. The first-order valence-electron chi connectivity index (χ1n) is 10.0. The highest BCUT2D eigenvalue weighted by Crippen LogP contribution is 2.29. The van der Waals surface area contributed by atoms with Crippen LogP contribution in [0.2, 0.25) is 0 Å². The van der Waals surface area contributed by atoms with Crippen LogP contribution in [-0.4, -0.2) is 11.9 Å². The average molecular weight is 440 g/mol. The van der Waals surface area contributed by atoms with Crippen LogP contribution < -0.4 is 20.9 Å². The Morgan fingerprint density at radius 1 is 0.515 bits per heavy atom. The van der Waals surface area contributed by atoms with Crippen molar-refractivity contribution >= 4 is 23.3 Å². The first-order valence-corrected chi connectivity index (χ1v) is 10.0. The molecule has 0 radical (unpaired) electrons. The van der Waals surface area contributed by atoms with Gasteiger partial charge in [-0.15, -0.1) is 0 Å². The van der Waals surface area contributed by atoms with Gasteiger partial charge in [-0.25, -0.2) is 9.59 Å². The van der Waals surface area contributed by atoms with E-state index in [1.165, 1.54) is 0 Å². The Labute approximate surface area is 190 Å². The molecule has 0 aromatic heterocycles. The normalized spacial score (nSPS) is 11.6. The van der Waals surface area contributed by atoms with E-state index in [4.69, 9.17) is 20.9 Å². The fourth-order valence-corrected chi connectivity index (χ4v) is 3.06. The van der Waals surface area contributed by atoms with Gasteiger partial charge in [-0.05, 0) is 48.5 Å². The second-order valence-corrected chi connectivity index (χ2v) is 7.05. The van der Waals surface area contributed by atoms with Crippen LogP contribution in [0.4, 0.5) is 11.4 Å². The van der Waals surface area contributed by atoms with E-state index < -0.39 is 11.9 Å². The number of nitrogens with two attached hydrogens (primary N) is 2. The molecule has 0 unspecified atom stereocenters. The molecule has 0 saturated carbocycles. The van der Waals surface area contributed by atoms with Gasteiger partial charge in [0.2, 0.25) is 0 Å². The van der Waals surface area contributed by atoms with Crippen LogP contribution in [0.15, 0.2) is 97.1 Å². The summed E-state index contributed by atoms with van der Waals surface area (Å²) in [4.78, 5) is 21.7. The number of carbonyl (C=O) groups is 2. The van der Waals surface area contributed by atoms with Crippen LogP contribution in [0.3, 0.4) is 0 Å². The first-order chi connectivity index (χ1) is 16.0. The topological polar surface area (TPSA) is 114 Å². The Hall–Kier alpha value is -4.78. The third-order valence-electron chi connectivity index (χ3n) is 4.55. The SMILES string of the molecule is Nc1cccc(Oc2cccc(Oc3cccc(N)c3)c2)c1.O=C1OC(=O)c2ccccc21. The number of esters is 2. The van der Waals surface area contributed by atoms with Gasteiger partial charge in [0.25, 0.3) is 0 Å². The van der Waals surface area contributed by atoms with Crippen molar-refractivity contribution in [2.75, 3.05) is 11.5 Å². The van der Waals surface area contributed by atoms with Gasteiger partial charge in [0.15, 0.2) is 0 Å². The molecule has 7 nitrogen and oxygen atoms in total. The number of benzene rings is 4. The second kappa shape index (κ2) is 9.57. The molecule has 0 saturated heterocycles. The smallest absolute Gasteiger partial charge is 0.346 e. The number of hydrogen-bond acceptors (Lipinski definition) is 7. The third kappa shape index (κ3) is 5.48. The van der Waals surface area contributed by atoms with Gasteiger partial charge < -0.3 is 25.7 Å². The minimum Gasteiger partial charge on any atom is -0.457 e. The number of anilines is 2. The summed E-state index contributed by atoms with van der Waals surface area (Å²) in [6.45, 7) is 0. The van der Waals surface area contributed by atoms with Crippen LogP contribution in [0.5, 0.6) is 23.0 Å². The Morgan fingerprint density at radius 3 is 1.33 bits per heavy atom. The van der Waals surface area contributed by atoms with Crippen molar-refractivity contribution in [2.45, 2.75) is 0 Å². The molecule has 164 valence electrons. The summed E-state index contributed by atoms with van der Waals surface area (Å²) in [5.74, 6) is 1.61. The molecule has 4 aromatic carbocycles. The molecule has 1 aliphatic heterocycles. The summed E-state index contributed by atoms with van der Waals surface area (Å²) in [5, 5.41) is 0. The predicted molar refractivity (Wildman–Crippen MR) is 124 cm³/mol. The Balaban J connectivity index is 0.000000196. The fourth-order valence-electron chi connectivity index (χ4n) is 3.06. The number of hydrogen-bond donors (Lipinski definition) is 2. The van der Waals surface area contributed by atoms with E-state index in [-0.39, 0.29) is 0 Å². The summed E-state index contributed by atoms with van der Waals surface area (Å²) in [6.07, 6.45) is 0. The average Bonchev–Trinajstić information content (AvgIpc) is 3.08. The largest absolute Gasteiger partial charge is 0.457 e. The molecule has 0 atom stereocenters. The summed E-state index contributed by atoms with van der Waals surface area (Å²) in [6, 6.07) is 28.5. The molecule has 33 heavy (non-hydrogen) atoms. The molecule has 7 heteroatoms. The lowest BCUT2D eigenvalue weighted by Crippen LogP contribution is -1.96. The summed E-state index contributed by atoms with van der Waals surface area (Å²) < 4.78 is 15.9. The monoisotopic (exact) mass is 440 g/mol. The second-order valence-electron chi connectivity index (χ2n) is 7.05. The third-order valence-corrected chi connectivity index (χ3v) is 4.55. The van der Waals surface area contributed by atoms with Crippen LogP contribution in [-0.2, 0) is 4.74 Å². The van der Waals surface area contributed by atoms with E-state index >= 15 is 0 Å². The molecule has 0 spiro atoms. The van der Waals surface area contributed by atoms with Gasteiger partial charge in [0.1, 0.15) is 23.0 Å². The van der Waals surface area contributed by atoms with Crippen molar-refractivity contribution in [3.8, 4) is 23.0 Å². The molecular weight excluding hydrogens is 420 g/mol. The van der Waals surface area contributed by atoms with Gasteiger partial charge in [-0.3, -0.25) is 0 Å². The van der Waals surface area contributed by atoms with Crippen LogP contribution in [0, 0.1) is 0 Å². The standard InChI is InChI=1S/C18H16N2O2.C8H4O3/c19-13-4-1-6-15(10-13)21-17-8-3-9-18(12-17)22-16-7-2-5-14(20)11-16;9-7-5-3-1-2-4-6(5)8(10)11-7/h1-12H,19-20H2;1-4H. The summed E-state index contributed by atoms with van der Waals surface area (Å²) in [7, 11) is 0. The molecule has 4 N–H and O–H groups in total. The van der Waals surface area contributed by atoms with Crippen molar-refractivity contribution in [3.63, 3.8) is 0 Å². The summed E-state index contributed by atoms with van der Waals surface area (Å²) >= 11 is 0. The van der Waals surface area contributed by atoms with Gasteiger partial charge in [-0.2, -0.15) is 0 Å². The van der Waals surface area contributed by atoms with Gasteiger partial charge in [-0.1, -0.05) is 30.3 Å². The molecule has 4 aromatic rings. The van der Waals surface area contributed by atoms with Crippen molar-refractivity contribution in [1.29, 1.82) is 0 Å². The van der Waals surface area contributed by atoms with Crippen LogP contribution in [0.1, 0.15) is 20.7 Å². The van der Waals surface area contributed by atoms with E-state index in [0.29, 0.717) is 45.5 Å². The molecule has 5 rings (SSSR count). The first kappa shape index (κ1) is 21.5. The molecule has 0 bridgehead atoms. The quantitative estimate of drug-likeness (QED) is 0.247. The zero-order chi connectivity index (χ0) is 23.2. The van der Waals surface area contributed by atoms with Crippen molar-refractivity contribution < 1.29 is 23.8 Å². The van der Waals surface area contributed by atoms with E-state index in [1.54, 1.807) is 36.4 Å². The fraction of sp³-hybridized carbons (Fsp3) is 0. The molecule has 0 aliphatic carbocycles. The lowest BCUT2D eigenvalue weighted by molar-refractivity contribution is 0.0443. The number of nitrogen functional groups attached to an aromatic ring is 2. The van der Waals surface area contributed by atoms with E-state index in [0.717, 1.165) is 0 Å². The molecule has 0 fully saturated rings.